The number of methoxy groups -OCH3 is 1. The number of ether oxygens (including phenoxy) is 1. The number of quaternary nitrogens is 1. The molecule has 0 saturated carbocycles. The van der Waals surface area contributed by atoms with E-state index < -0.39 is 11.6 Å². The largest absolute Gasteiger partial charge is 0.379 e. The summed E-state index contributed by atoms with van der Waals surface area (Å²) in [4.78, 5) is 0. The minimum atomic E-state index is -0.490. The van der Waals surface area contributed by atoms with Gasteiger partial charge in [-0.15, -0.1) is 0 Å². The van der Waals surface area contributed by atoms with Gasteiger partial charge < -0.3 is 10.1 Å². The maximum atomic E-state index is 13.2. The highest BCUT2D eigenvalue weighted by Gasteiger charge is 2.12. The molecule has 0 heterocycles. The summed E-state index contributed by atoms with van der Waals surface area (Å²) >= 11 is 0. The minimum absolute atomic E-state index is 0.125. The Bertz CT molecular complexity index is 297. The molecule has 0 aliphatic rings. The molecule has 0 aliphatic carbocycles. The molecular weight excluding hydrogens is 200 g/mol. The lowest BCUT2D eigenvalue weighted by Gasteiger charge is -2.10. The van der Waals surface area contributed by atoms with Crippen LogP contribution in [0.15, 0.2) is 18.2 Å². The maximum absolute atomic E-state index is 13.2. The topological polar surface area (TPSA) is 25.8 Å². The fourth-order valence-electron chi connectivity index (χ4n) is 1.38. The van der Waals surface area contributed by atoms with E-state index in [-0.39, 0.29) is 11.6 Å². The molecule has 84 valence electrons. The first-order valence-electron chi connectivity index (χ1n) is 4.90. The number of hydrogen-bond donors (Lipinski definition) is 1. The molecule has 1 aromatic rings. The summed E-state index contributed by atoms with van der Waals surface area (Å²) in [6.45, 7) is 2.81. The Morgan fingerprint density at radius 2 is 1.93 bits per heavy atom. The zero-order valence-corrected chi connectivity index (χ0v) is 8.97. The second-order valence-electron chi connectivity index (χ2n) is 3.57. The third-order valence-electron chi connectivity index (χ3n) is 2.22. The Kier molecular flexibility index (Phi) is 4.65. The lowest BCUT2D eigenvalue weighted by molar-refractivity contribution is -0.703. The number of halogens is 2. The van der Waals surface area contributed by atoms with Crippen molar-refractivity contribution < 1.29 is 18.8 Å². The van der Waals surface area contributed by atoms with Crippen LogP contribution in [-0.4, -0.2) is 19.8 Å². The van der Waals surface area contributed by atoms with Gasteiger partial charge >= 0.3 is 0 Å². The average molecular weight is 216 g/mol. The Balaban J connectivity index is 2.57. The van der Waals surface area contributed by atoms with Crippen molar-refractivity contribution in [3.63, 3.8) is 0 Å². The van der Waals surface area contributed by atoms with Gasteiger partial charge in [-0.2, -0.15) is 0 Å². The van der Waals surface area contributed by atoms with Crippen molar-refractivity contribution in [2.24, 2.45) is 0 Å². The molecule has 0 saturated heterocycles. The highest BCUT2D eigenvalue weighted by Crippen LogP contribution is 2.09. The smallest absolute Gasteiger partial charge is 0.135 e. The van der Waals surface area contributed by atoms with Gasteiger partial charge in [0.05, 0.1) is 12.2 Å². The first kappa shape index (κ1) is 12.1. The van der Waals surface area contributed by atoms with Crippen LogP contribution in [-0.2, 0) is 11.3 Å². The summed E-state index contributed by atoms with van der Waals surface area (Å²) in [7, 11) is 1.61. The molecule has 0 bridgehead atoms. The van der Waals surface area contributed by atoms with Gasteiger partial charge in [-0.3, -0.25) is 0 Å². The Morgan fingerprint density at radius 3 is 2.47 bits per heavy atom. The Labute approximate surface area is 88.3 Å². The Morgan fingerprint density at radius 1 is 1.33 bits per heavy atom. The first-order valence-corrected chi connectivity index (χ1v) is 4.90. The van der Waals surface area contributed by atoms with Crippen LogP contribution in [0, 0.1) is 11.6 Å². The predicted molar refractivity (Wildman–Crippen MR) is 53.3 cm³/mol. The molecule has 4 heteroatoms. The van der Waals surface area contributed by atoms with Crippen LogP contribution in [0.25, 0.3) is 0 Å². The van der Waals surface area contributed by atoms with Gasteiger partial charge in [0.25, 0.3) is 0 Å². The highest BCUT2D eigenvalue weighted by atomic mass is 19.1. The zero-order chi connectivity index (χ0) is 11.3. The molecule has 0 unspecified atom stereocenters. The number of benzene rings is 1. The molecule has 1 rings (SSSR count). The van der Waals surface area contributed by atoms with Gasteiger partial charge in [0, 0.05) is 7.11 Å². The molecule has 15 heavy (non-hydrogen) atoms. The molecule has 0 radical (unpaired) electrons. The second-order valence-corrected chi connectivity index (χ2v) is 3.57. The van der Waals surface area contributed by atoms with Crippen molar-refractivity contribution in [2.45, 2.75) is 19.5 Å². The van der Waals surface area contributed by atoms with E-state index in [0.29, 0.717) is 13.2 Å². The van der Waals surface area contributed by atoms with Crippen LogP contribution in [0.2, 0.25) is 0 Å². The van der Waals surface area contributed by atoms with E-state index in [0.717, 1.165) is 0 Å². The molecular formula is C11H16F2NO+. The summed E-state index contributed by atoms with van der Waals surface area (Å²) in [5.74, 6) is -0.980. The van der Waals surface area contributed by atoms with E-state index in [2.05, 4.69) is 0 Å². The van der Waals surface area contributed by atoms with E-state index in [1.807, 2.05) is 12.2 Å². The van der Waals surface area contributed by atoms with Crippen LogP contribution in [0.1, 0.15) is 12.5 Å². The predicted octanol–water partition coefficient (Wildman–Crippen LogP) is 1.06. The van der Waals surface area contributed by atoms with Gasteiger partial charge in [0.1, 0.15) is 24.2 Å². The lowest BCUT2D eigenvalue weighted by Crippen LogP contribution is -2.88. The third-order valence-corrected chi connectivity index (χ3v) is 2.22. The third kappa shape index (κ3) is 3.57. The van der Waals surface area contributed by atoms with Crippen LogP contribution in [0.5, 0.6) is 0 Å². The molecule has 0 aliphatic heterocycles. The van der Waals surface area contributed by atoms with Crippen molar-refractivity contribution >= 4 is 0 Å². The van der Waals surface area contributed by atoms with Crippen molar-refractivity contribution in [3.8, 4) is 0 Å². The van der Waals surface area contributed by atoms with E-state index >= 15 is 0 Å². The van der Waals surface area contributed by atoms with Crippen molar-refractivity contribution in [3.05, 3.63) is 35.4 Å². The standard InChI is InChI=1S/C11H15F2NO/c1-8(7-15-2)14-6-9-10(12)4-3-5-11(9)13/h3-5,8,14H,6-7H2,1-2H3/p+1/t8-/m1/s1. The normalized spacial score (nSPS) is 12.8. The summed E-state index contributed by atoms with van der Waals surface area (Å²) in [5.41, 5.74) is 0.125. The lowest BCUT2D eigenvalue weighted by atomic mass is 10.2. The number of rotatable bonds is 5. The monoisotopic (exact) mass is 216 g/mol. The van der Waals surface area contributed by atoms with E-state index in [1.54, 1.807) is 7.11 Å². The van der Waals surface area contributed by atoms with Crippen LogP contribution < -0.4 is 5.32 Å². The number of nitrogens with two attached hydrogens (primary N) is 1. The molecule has 2 N–H and O–H groups in total. The fourth-order valence-corrected chi connectivity index (χ4v) is 1.38. The molecule has 1 atom stereocenters. The van der Waals surface area contributed by atoms with Gasteiger partial charge in [0.15, 0.2) is 0 Å². The summed E-state index contributed by atoms with van der Waals surface area (Å²) in [5, 5.41) is 1.85. The summed E-state index contributed by atoms with van der Waals surface area (Å²) < 4.78 is 31.3. The fraction of sp³-hybridized carbons (Fsp3) is 0.455. The van der Waals surface area contributed by atoms with Crippen molar-refractivity contribution in [1.29, 1.82) is 0 Å². The quantitative estimate of drug-likeness (QED) is 0.782. The number of hydrogen-bond acceptors (Lipinski definition) is 1. The molecule has 0 aromatic heterocycles. The summed E-state index contributed by atoms with van der Waals surface area (Å²) in [6.07, 6.45) is 0. The van der Waals surface area contributed by atoms with Crippen LogP contribution in [0.3, 0.4) is 0 Å². The van der Waals surface area contributed by atoms with E-state index in [1.165, 1.54) is 18.2 Å². The van der Waals surface area contributed by atoms with Gasteiger partial charge in [-0.1, -0.05) is 6.07 Å². The van der Waals surface area contributed by atoms with Gasteiger partial charge in [-0.05, 0) is 19.1 Å². The maximum Gasteiger partial charge on any atom is 0.135 e. The SMILES string of the molecule is COC[C@@H](C)[NH2+]Cc1c(F)cccc1F. The molecule has 0 amide bonds. The van der Waals surface area contributed by atoms with E-state index in [9.17, 15) is 8.78 Å². The molecule has 0 fully saturated rings. The minimum Gasteiger partial charge on any atom is -0.379 e. The van der Waals surface area contributed by atoms with E-state index in [4.69, 9.17) is 4.74 Å². The van der Waals surface area contributed by atoms with Crippen LogP contribution >= 0.6 is 0 Å². The van der Waals surface area contributed by atoms with Crippen molar-refractivity contribution in [1.82, 2.24) is 0 Å². The molecule has 0 spiro atoms. The molecule has 1 aromatic carbocycles. The van der Waals surface area contributed by atoms with Crippen molar-refractivity contribution in [2.75, 3.05) is 13.7 Å². The van der Waals surface area contributed by atoms with Crippen LogP contribution in [0.4, 0.5) is 8.78 Å². The second kappa shape index (κ2) is 5.78. The average Bonchev–Trinajstić information content (AvgIpc) is 2.17. The molecule has 2 nitrogen and oxygen atoms in total. The Hall–Kier alpha value is -1.00. The van der Waals surface area contributed by atoms with Gasteiger partial charge in [-0.25, -0.2) is 8.78 Å². The zero-order valence-electron chi connectivity index (χ0n) is 8.97. The summed E-state index contributed by atoms with van der Waals surface area (Å²) in [6, 6.07) is 4.10. The highest BCUT2D eigenvalue weighted by molar-refractivity contribution is 5.18. The first-order chi connectivity index (χ1) is 7.15. The van der Waals surface area contributed by atoms with Gasteiger partial charge in [0.2, 0.25) is 0 Å².